The summed E-state index contributed by atoms with van der Waals surface area (Å²) in [7, 11) is 1.57. The van der Waals surface area contributed by atoms with E-state index in [1.807, 2.05) is 62.4 Å². The predicted molar refractivity (Wildman–Crippen MR) is 106 cm³/mol. The van der Waals surface area contributed by atoms with Crippen LogP contribution in [0.5, 0.6) is 5.75 Å². The van der Waals surface area contributed by atoms with Crippen LogP contribution in [-0.2, 0) is 6.54 Å². The number of anilines is 2. The Balaban J connectivity index is 1.77. The Hall–Kier alpha value is -3.41. The largest absolute Gasteiger partial charge is 0.495 e. The van der Waals surface area contributed by atoms with Crippen molar-refractivity contribution in [2.45, 2.75) is 20.4 Å². The highest BCUT2D eigenvalue weighted by Crippen LogP contribution is 2.25. The molecule has 0 unspecified atom stereocenters. The zero-order valence-electron chi connectivity index (χ0n) is 15.6. The molecule has 27 heavy (non-hydrogen) atoms. The van der Waals surface area contributed by atoms with E-state index in [-0.39, 0.29) is 5.91 Å². The summed E-state index contributed by atoms with van der Waals surface area (Å²) in [5.74, 6) is 0.703. The van der Waals surface area contributed by atoms with Gasteiger partial charge < -0.3 is 15.4 Å². The smallest absolute Gasteiger partial charge is 0.274 e. The molecule has 0 radical (unpaired) electrons. The molecule has 138 valence electrons. The van der Waals surface area contributed by atoms with Crippen LogP contribution in [0.4, 0.5) is 11.6 Å². The fraction of sp³-hybridized carbons (Fsp3) is 0.190. The number of benzene rings is 2. The van der Waals surface area contributed by atoms with E-state index >= 15 is 0 Å². The van der Waals surface area contributed by atoms with E-state index in [0.29, 0.717) is 35.3 Å². The van der Waals surface area contributed by atoms with Gasteiger partial charge in [0.15, 0.2) is 0 Å². The molecule has 0 aliphatic heterocycles. The van der Waals surface area contributed by atoms with E-state index in [1.165, 1.54) is 0 Å². The first kappa shape index (κ1) is 18.4. The molecule has 1 amide bonds. The standard InChI is InChI=1S/C21H22N4O2/c1-14-9-10-19(27-3)17(11-14)24-20(26)18-12-15(2)23-21(25-18)22-13-16-7-5-4-6-8-16/h4-12H,13H2,1-3H3,(H,24,26)(H,22,23,25). The molecule has 6 heteroatoms. The quantitative estimate of drug-likeness (QED) is 0.694. The van der Waals surface area contributed by atoms with Gasteiger partial charge in [0.2, 0.25) is 5.95 Å². The molecule has 2 N–H and O–H groups in total. The highest BCUT2D eigenvalue weighted by Gasteiger charge is 2.13. The topological polar surface area (TPSA) is 76.1 Å². The van der Waals surface area contributed by atoms with Crippen LogP contribution < -0.4 is 15.4 Å². The van der Waals surface area contributed by atoms with Crippen LogP contribution in [0, 0.1) is 13.8 Å². The van der Waals surface area contributed by atoms with Gasteiger partial charge in [-0.05, 0) is 43.2 Å². The molecule has 0 fully saturated rings. The fourth-order valence-corrected chi connectivity index (χ4v) is 2.65. The fourth-order valence-electron chi connectivity index (χ4n) is 2.65. The van der Waals surface area contributed by atoms with E-state index in [9.17, 15) is 4.79 Å². The first-order valence-electron chi connectivity index (χ1n) is 8.64. The number of methoxy groups -OCH3 is 1. The van der Waals surface area contributed by atoms with E-state index in [4.69, 9.17) is 4.74 Å². The minimum atomic E-state index is -0.313. The van der Waals surface area contributed by atoms with Gasteiger partial charge in [0, 0.05) is 12.2 Å². The van der Waals surface area contributed by atoms with Crippen LogP contribution in [0.1, 0.15) is 27.3 Å². The second kappa shape index (κ2) is 8.31. The molecule has 0 saturated heterocycles. The number of hydrogen-bond donors (Lipinski definition) is 2. The van der Waals surface area contributed by atoms with Crippen molar-refractivity contribution in [2.24, 2.45) is 0 Å². The van der Waals surface area contributed by atoms with Crippen LogP contribution in [-0.4, -0.2) is 23.0 Å². The molecule has 2 aromatic carbocycles. The lowest BCUT2D eigenvalue weighted by Gasteiger charge is -2.12. The number of ether oxygens (including phenoxy) is 1. The second-order valence-corrected chi connectivity index (χ2v) is 6.22. The third kappa shape index (κ3) is 4.82. The molecule has 0 aliphatic rings. The van der Waals surface area contributed by atoms with Gasteiger partial charge in [-0.2, -0.15) is 0 Å². The van der Waals surface area contributed by atoms with Gasteiger partial charge in [-0.15, -0.1) is 0 Å². The molecular weight excluding hydrogens is 340 g/mol. The minimum absolute atomic E-state index is 0.293. The zero-order chi connectivity index (χ0) is 19.2. The normalized spacial score (nSPS) is 10.3. The molecule has 6 nitrogen and oxygen atoms in total. The lowest BCUT2D eigenvalue weighted by molar-refractivity contribution is 0.102. The van der Waals surface area contributed by atoms with Crippen LogP contribution in [0.15, 0.2) is 54.6 Å². The Labute approximate surface area is 158 Å². The predicted octanol–water partition coefficient (Wildman–Crippen LogP) is 3.97. The van der Waals surface area contributed by atoms with Crippen LogP contribution in [0.2, 0.25) is 0 Å². The number of nitrogens with one attached hydrogen (secondary N) is 2. The molecule has 1 heterocycles. The molecule has 0 aliphatic carbocycles. The van der Waals surface area contributed by atoms with E-state index in [0.717, 1.165) is 11.1 Å². The second-order valence-electron chi connectivity index (χ2n) is 6.22. The molecule has 3 aromatic rings. The number of hydrogen-bond acceptors (Lipinski definition) is 5. The Kier molecular flexibility index (Phi) is 5.66. The number of carbonyl (C=O) groups is 1. The van der Waals surface area contributed by atoms with Crippen LogP contribution in [0.3, 0.4) is 0 Å². The number of aromatic nitrogens is 2. The Morgan fingerprint density at radius 3 is 2.56 bits per heavy atom. The lowest BCUT2D eigenvalue weighted by Crippen LogP contribution is -2.16. The third-order valence-corrected chi connectivity index (χ3v) is 3.98. The molecule has 3 rings (SSSR count). The van der Waals surface area contributed by atoms with Crippen LogP contribution >= 0.6 is 0 Å². The van der Waals surface area contributed by atoms with Crippen molar-refractivity contribution in [1.29, 1.82) is 0 Å². The van der Waals surface area contributed by atoms with Crippen LogP contribution in [0.25, 0.3) is 0 Å². The highest BCUT2D eigenvalue weighted by molar-refractivity contribution is 6.04. The Morgan fingerprint density at radius 2 is 1.81 bits per heavy atom. The molecule has 0 atom stereocenters. The maximum atomic E-state index is 12.7. The Bertz CT molecular complexity index is 942. The van der Waals surface area contributed by atoms with Gasteiger partial charge in [-0.1, -0.05) is 36.4 Å². The zero-order valence-corrected chi connectivity index (χ0v) is 15.6. The van der Waals surface area contributed by atoms with Gasteiger partial charge in [0.25, 0.3) is 5.91 Å². The number of carbonyl (C=O) groups excluding carboxylic acids is 1. The van der Waals surface area contributed by atoms with Gasteiger partial charge >= 0.3 is 0 Å². The average Bonchev–Trinajstić information content (AvgIpc) is 2.67. The summed E-state index contributed by atoms with van der Waals surface area (Å²) in [4.78, 5) is 21.4. The van der Waals surface area contributed by atoms with Crippen molar-refractivity contribution in [3.8, 4) is 5.75 Å². The SMILES string of the molecule is COc1ccc(C)cc1NC(=O)c1cc(C)nc(NCc2ccccc2)n1. The van der Waals surface area contributed by atoms with Crippen molar-refractivity contribution < 1.29 is 9.53 Å². The van der Waals surface area contributed by atoms with E-state index in [1.54, 1.807) is 13.2 Å². The maximum absolute atomic E-state index is 12.7. The van der Waals surface area contributed by atoms with Crippen molar-refractivity contribution in [2.75, 3.05) is 17.7 Å². The number of aryl methyl sites for hydroxylation is 2. The summed E-state index contributed by atoms with van der Waals surface area (Å²) in [6, 6.07) is 17.2. The lowest BCUT2D eigenvalue weighted by atomic mass is 10.2. The van der Waals surface area contributed by atoms with E-state index < -0.39 is 0 Å². The minimum Gasteiger partial charge on any atom is -0.495 e. The van der Waals surface area contributed by atoms with Crippen molar-refractivity contribution in [3.63, 3.8) is 0 Å². The summed E-state index contributed by atoms with van der Waals surface area (Å²) in [6.07, 6.45) is 0. The number of rotatable bonds is 6. The molecule has 0 spiro atoms. The van der Waals surface area contributed by atoms with Gasteiger partial charge in [0.05, 0.1) is 12.8 Å². The number of nitrogens with zero attached hydrogens (tertiary/aromatic N) is 2. The third-order valence-electron chi connectivity index (χ3n) is 3.98. The van der Waals surface area contributed by atoms with Gasteiger partial charge in [-0.3, -0.25) is 4.79 Å². The summed E-state index contributed by atoms with van der Waals surface area (Å²) in [5.41, 5.74) is 3.74. The average molecular weight is 362 g/mol. The van der Waals surface area contributed by atoms with Crippen molar-refractivity contribution in [1.82, 2.24) is 9.97 Å². The Morgan fingerprint density at radius 1 is 1.04 bits per heavy atom. The maximum Gasteiger partial charge on any atom is 0.274 e. The number of amides is 1. The summed E-state index contributed by atoms with van der Waals surface area (Å²) in [6.45, 7) is 4.37. The van der Waals surface area contributed by atoms with Crippen molar-refractivity contribution in [3.05, 3.63) is 77.1 Å². The summed E-state index contributed by atoms with van der Waals surface area (Å²) < 4.78 is 5.31. The first-order chi connectivity index (χ1) is 13.0. The highest BCUT2D eigenvalue weighted by atomic mass is 16.5. The monoisotopic (exact) mass is 362 g/mol. The molecule has 0 bridgehead atoms. The first-order valence-corrected chi connectivity index (χ1v) is 8.64. The van der Waals surface area contributed by atoms with E-state index in [2.05, 4.69) is 20.6 Å². The summed E-state index contributed by atoms with van der Waals surface area (Å²) in [5, 5.41) is 6.03. The van der Waals surface area contributed by atoms with Crippen molar-refractivity contribution >= 4 is 17.5 Å². The summed E-state index contributed by atoms with van der Waals surface area (Å²) >= 11 is 0. The van der Waals surface area contributed by atoms with Gasteiger partial charge in [-0.25, -0.2) is 9.97 Å². The molecule has 0 saturated carbocycles. The molecule has 1 aromatic heterocycles. The van der Waals surface area contributed by atoms with Gasteiger partial charge in [0.1, 0.15) is 11.4 Å². The molecular formula is C21H22N4O2.